The van der Waals surface area contributed by atoms with E-state index in [2.05, 4.69) is 15.9 Å². The molecule has 4 heteroatoms. The number of likely N-dealkylation sites (N-methyl/N-ethyl adjacent to an activating group) is 1. The molecule has 0 heterocycles. The zero-order chi connectivity index (χ0) is 10.6. The van der Waals surface area contributed by atoms with Gasteiger partial charge in [-0.1, -0.05) is 15.9 Å². The molecule has 0 aromatic heterocycles. The van der Waals surface area contributed by atoms with Crippen molar-refractivity contribution in [1.29, 1.82) is 0 Å². The first-order chi connectivity index (χ1) is 6.69. The maximum Gasteiger partial charge on any atom is 0.0748 e. The summed E-state index contributed by atoms with van der Waals surface area (Å²) in [5.74, 6) is 0. The van der Waals surface area contributed by atoms with Crippen LogP contribution in [0.3, 0.4) is 0 Å². The number of hydrogen-bond acceptors (Lipinski definition) is 3. The van der Waals surface area contributed by atoms with Crippen molar-refractivity contribution in [3.05, 3.63) is 28.7 Å². The third-order valence-corrected chi connectivity index (χ3v) is 2.73. The highest BCUT2D eigenvalue weighted by Crippen LogP contribution is 2.18. The highest BCUT2D eigenvalue weighted by Gasteiger charge is 2.12. The van der Waals surface area contributed by atoms with E-state index >= 15 is 0 Å². The first-order valence-corrected chi connectivity index (χ1v) is 5.18. The summed E-state index contributed by atoms with van der Waals surface area (Å²) in [6.45, 7) is -0.105. The van der Waals surface area contributed by atoms with Gasteiger partial charge in [0.25, 0.3) is 0 Å². The van der Waals surface area contributed by atoms with Crippen LogP contribution in [0, 0.1) is 0 Å². The Bertz CT molecular complexity index is 272. The predicted molar refractivity (Wildman–Crippen MR) is 60.5 cm³/mol. The molecule has 0 atom stereocenters. The summed E-state index contributed by atoms with van der Waals surface area (Å²) in [6.07, 6.45) is 0. The fourth-order valence-electron chi connectivity index (χ4n) is 1.19. The van der Waals surface area contributed by atoms with E-state index < -0.39 is 0 Å². The van der Waals surface area contributed by atoms with E-state index in [1.807, 2.05) is 36.2 Å². The zero-order valence-electron chi connectivity index (χ0n) is 8.02. The van der Waals surface area contributed by atoms with Gasteiger partial charge in [0, 0.05) is 17.2 Å². The van der Waals surface area contributed by atoms with Crippen LogP contribution in [0.5, 0.6) is 0 Å². The van der Waals surface area contributed by atoms with Gasteiger partial charge in [-0.3, -0.25) is 0 Å². The van der Waals surface area contributed by atoms with E-state index in [1.54, 1.807) is 0 Å². The number of aliphatic hydroxyl groups excluding tert-OH is 2. The minimum Gasteiger partial charge on any atom is -0.394 e. The van der Waals surface area contributed by atoms with E-state index in [-0.39, 0.29) is 19.3 Å². The smallest absolute Gasteiger partial charge is 0.0748 e. The Labute approximate surface area is 92.1 Å². The fraction of sp³-hybridized carbons (Fsp3) is 0.400. The summed E-state index contributed by atoms with van der Waals surface area (Å²) < 4.78 is 1.01. The summed E-state index contributed by atoms with van der Waals surface area (Å²) in [5, 5.41) is 18.0. The van der Waals surface area contributed by atoms with Crippen LogP contribution < -0.4 is 4.90 Å². The quantitative estimate of drug-likeness (QED) is 0.856. The summed E-state index contributed by atoms with van der Waals surface area (Å²) in [5.41, 5.74) is 0.973. The van der Waals surface area contributed by atoms with Crippen LogP contribution in [0.1, 0.15) is 0 Å². The number of benzene rings is 1. The Balaban J connectivity index is 2.77. The van der Waals surface area contributed by atoms with Gasteiger partial charge < -0.3 is 15.1 Å². The third-order valence-electron chi connectivity index (χ3n) is 2.20. The molecule has 0 aliphatic heterocycles. The summed E-state index contributed by atoms with van der Waals surface area (Å²) in [7, 11) is 1.85. The van der Waals surface area contributed by atoms with Gasteiger partial charge in [0.05, 0.1) is 19.3 Å². The van der Waals surface area contributed by atoms with Gasteiger partial charge in [0.1, 0.15) is 0 Å². The highest BCUT2D eigenvalue weighted by atomic mass is 79.9. The van der Waals surface area contributed by atoms with Crippen molar-refractivity contribution < 1.29 is 10.2 Å². The first-order valence-electron chi connectivity index (χ1n) is 4.39. The molecule has 0 fully saturated rings. The maximum absolute atomic E-state index is 9.00. The largest absolute Gasteiger partial charge is 0.394 e. The monoisotopic (exact) mass is 259 g/mol. The summed E-state index contributed by atoms with van der Waals surface area (Å²) >= 11 is 3.35. The molecule has 0 aliphatic rings. The van der Waals surface area contributed by atoms with Crippen molar-refractivity contribution in [2.75, 3.05) is 25.2 Å². The molecular formula is C10H14BrNO2. The lowest BCUT2D eigenvalue weighted by Crippen LogP contribution is -2.37. The molecule has 0 saturated carbocycles. The number of nitrogens with zero attached hydrogens (tertiary/aromatic N) is 1. The molecule has 14 heavy (non-hydrogen) atoms. The maximum atomic E-state index is 9.00. The molecule has 0 unspecified atom stereocenters. The number of aliphatic hydroxyl groups is 2. The molecule has 0 amide bonds. The molecule has 2 N–H and O–H groups in total. The van der Waals surface area contributed by atoms with Crippen LogP contribution in [-0.2, 0) is 0 Å². The highest BCUT2D eigenvalue weighted by molar-refractivity contribution is 9.10. The fourth-order valence-corrected chi connectivity index (χ4v) is 1.45. The topological polar surface area (TPSA) is 43.7 Å². The number of hydrogen-bond donors (Lipinski definition) is 2. The average molecular weight is 260 g/mol. The van der Waals surface area contributed by atoms with Crippen LogP contribution >= 0.6 is 15.9 Å². The molecule has 78 valence electrons. The first kappa shape index (κ1) is 11.5. The second-order valence-electron chi connectivity index (χ2n) is 3.11. The Kier molecular flexibility index (Phi) is 4.38. The molecule has 0 radical (unpaired) electrons. The molecule has 0 spiro atoms. The number of anilines is 1. The van der Waals surface area contributed by atoms with Crippen LogP contribution in [0.15, 0.2) is 28.7 Å². The number of rotatable bonds is 4. The van der Waals surface area contributed by atoms with E-state index in [4.69, 9.17) is 10.2 Å². The van der Waals surface area contributed by atoms with Crippen molar-refractivity contribution in [2.24, 2.45) is 0 Å². The third kappa shape index (κ3) is 2.70. The molecular weight excluding hydrogens is 246 g/mol. The summed E-state index contributed by atoms with van der Waals surface area (Å²) in [4.78, 5) is 1.85. The van der Waals surface area contributed by atoms with E-state index in [1.165, 1.54) is 0 Å². The molecule has 3 nitrogen and oxygen atoms in total. The van der Waals surface area contributed by atoms with Gasteiger partial charge >= 0.3 is 0 Å². The van der Waals surface area contributed by atoms with Gasteiger partial charge in [0.2, 0.25) is 0 Å². The predicted octanol–water partition coefficient (Wildman–Crippen LogP) is 1.24. The van der Waals surface area contributed by atoms with Gasteiger partial charge in [-0.2, -0.15) is 0 Å². The lowest BCUT2D eigenvalue weighted by molar-refractivity contribution is 0.191. The van der Waals surface area contributed by atoms with Crippen LogP contribution in [0.25, 0.3) is 0 Å². The molecule has 1 aromatic carbocycles. The normalized spacial score (nSPS) is 10.6. The van der Waals surface area contributed by atoms with Gasteiger partial charge in [-0.15, -0.1) is 0 Å². The Morgan fingerprint density at radius 2 is 1.71 bits per heavy atom. The van der Waals surface area contributed by atoms with Crippen LogP contribution in [0.4, 0.5) is 5.69 Å². The second kappa shape index (κ2) is 5.34. The lowest BCUT2D eigenvalue weighted by atomic mass is 10.2. The van der Waals surface area contributed by atoms with Crippen LogP contribution in [0.2, 0.25) is 0 Å². The lowest BCUT2D eigenvalue weighted by Gasteiger charge is -2.26. The Morgan fingerprint density at radius 3 is 2.14 bits per heavy atom. The molecule has 1 rings (SSSR count). The van der Waals surface area contributed by atoms with Crippen molar-refractivity contribution in [2.45, 2.75) is 6.04 Å². The van der Waals surface area contributed by atoms with Crippen molar-refractivity contribution in [3.63, 3.8) is 0 Å². The SMILES string of the molecule is CN(c1ccc(Br)cc1)C(CO)CO. The molecule has 0 saturated heterocycles. The van der Waals surface area contributed by atoms with E-state index in [0.717, 1.165) is 10.2 Å². The molecule has 1 aromatic rings. The van der Waals surface area contributed by atoms with Crippen LogP contribution in [-0.4, -0.2) is 36.5 Å². The van der Waals surface area contributed by atoms with Crippen molar-refractivity contribution in [1.82, 2.24) is 0 Å². The molecule has 0 bridgehead atoms. The minimum absolute atomic E-state index is 0.0525. The average Bonchev–Trinajstić information content (AvgIpc) is 2.20. The molecule has 0 aliphatic carbocycles. The Hall–Kier alpha value is -0.580. The van der Waals surface area contributed by atoms with Gasteiger partial charge in [0.15, 0.2) is 0 Å². The standard InChI is InChI=1S/C10H14BrNO2/c1-12(10(6-13)7-14)9-4-2-8(11)3-5-9/h2-5,10,13-14H,6-7H2,1H3. The summed E-state index contributed by atoms with van der Waals surface area (Å²) in [6, 6.07) is 7.48. The van der Waals surface area contributed by atoms with Crippen molar-refractivity contribution in [3.8, 4) is 0 Å². The second-order valence-corrected chi connectivity index (χ2v) is 4.02. The van der Waals surface area contributed by atoms with Gasteiger partial charge in [-0.25, -0.2) is 0 Å². The van der Waals surface area contributed by atoms with E-state index in [0.29, 0.717) is 0 Å². The zero-order valence-corrected chi connectivity index (χ0v) is 9.61. The number of halogens is 1. The van der Waals surface area contributed by atoms with Gasteiger partial charge in [-0.05, 0) is 24.3 Å². The Morgan fingerprint density at radius 1 is 1.21 bits per heavy atom. The van der Waals surface area contributed by atoms with Crippen molar-refractivity contribution >= 4 is 21.6 Å². The minimum atomic E-state index is -0.240. The van der Waals surface area contributed by atoms with E-state index in [9.17, 15) is 0 Å².